The van der Waals surface area contributed by atoms with Gasteiger partial charge in [-0.2, -0.15) is 0 Å². The molecule has 4 heteroatoms. The average molecular weight is 669 g/mol. The van der Waals surface area contributed by atoms with Crippen LogP contribution in [-0.4, -0.2) is 4.98 Å². The Balaban J connectivity index is 1.16. The van der Waals surface area contributed by atoms with Crippen molar-refractivity contribution in [1.82, 2.24) is 4.98 Å². The number of fused-ring (bicyclic) bond motifs is 11. The minimum atomic E-state index is -0.133. The van der Waals surface area contributed by atoms with Crippen molar-refractivity contribution < 1.29 is 8.83 Å². The van der Waals surface area contributed by atoms with E-state index < -0.39 is 0 Å². The molecule has 52 heavy (non-hydrogen) atoms. The van der Waals surface area contributed by atoms with Crippen LogP contribution in [0.5, 0.6) is 0 Å². The number of benzene rings is 8. The molecule has 0 unspecified atom stereocenters. The Kier molecular flexibility index (Phi) is 5.98. The third-order valence-corrected chi connectivity index (χ3v) is 11.1. The van der Waals surface area contributed by atoms with Crippen LogP contribution in [0.25, 0.3) is 77.2 Å². The molecular weight excluding hydrogens is 637 g/mol. The van der Waals surface area contributed by atoms with Gasteiger partial charge in [0.05, 0.1) is 0 Å². The standard InChI is InChI=1S/C48H32N2O2/c1-48(2)40-14-8-6-12-35(40)36-23-21-34(28-41(36)48)50(33-22-25-44-39(27-33)37-13-7-9-15-43(37)51-44)32-20-18-29-16-17-30-19-24-42-46(45(30)38(29)26-32)52-47(49-42)31-10-4-3-5-11-31/h3-28H,1-2H3. The molecule has 0 bridgehead atoms. The van der Waals surface area contributed by atoms with Crippen LogP contribution in [0, 0.1) is 0 Å². The highest BCUT2D eigenvalue weighted by molar-refractivity contribution is 6.19. The molecule has 246 valence electrons. The zero-order valence-corrected chi connectivity index (χ0v) is 28.7. The summed E-state index contributed by atoms with van der Waals surface area (Å²) in [7, 11) is 0. The van der Waals surface area contributed by atoms with Crippen LogP contribution in [0.3, 0.4) is 0 Å². The van der Waals surface area contributed by atoms with E-state index in [2.05, 4.69) is 134 Å². The summed E-state index contributed by atoms with van der Waals surface area (Å²) in [5.74, 6) is 0.625. The fourth-order valence-electron chi connectivity index (χ4n) is 8.48. The van der Waals surface area contributed by atoms with Gasteiger partial charge in [-0.05, 0) is 105 Å². The van der Waals surface area contributed by atoms with Gasteiger partial charge in [-0.3, -0.25) is 0 Å². The van der Waals surface area contributed by atoms with Gasteiger partial charge < -0.3 is 13.7 Å². The Hall–Kier alpha value is -6.65. The van der Waals surface area contributed by atoms with Crippen molar-refractivity contribution in [1.29, 1.82) is 0 Å². The molecule has 0 fully saturated rings. The SMILES string of the molecule is CC1(C)c2ccccc2-c2ccc(N(c3ccc4oc5ccccc5c4c3)c3ccc4ccc5ccc6nc(-c7ccccc7)oc6c5c4c3)cc21. The van der Waals surface area contributed by atoms with Crippen LogP contribution in [-0.2, 0) is 5.41 Å². The average Bonchev–Trinajstić information content (AvgIpc) is 3.86. The van der Waals surface area contributed by atoms with E-state index >= 15 is 0 Å². The fourth-order valence-corrected chi connectivity index (χ4v) is 8.48. The van der Waals surface area contributed by atoms with E-state index in [0.29, 0.717) is 5.89 Å². The van der Waals surface area contributed by atoms with Crippen LogP contribution >= 0.6 is 0 Å². The van der Waals surface area contributed by atoms with Gasteiger partial charge in [-0.15, -0.1) is 0 Å². The van der Waals surface area contributed by atoms with E-state index in [1.807, 2.05) is 42.5 Å². The number of hydrogen-bond donors (Lipinski definition) is 0. The van der Waals surface area contributed by atoms with Gasteiger partial charge in [0.15, 0.2) is 5.58 Å². The third-order valence-electron chi connectivity index (χ3n) is 11.1. The van der Waals surface area contributed by atoms with Gasteiger partial charge in [0, 0.05) is 44.2 Å². The van der Waals surface area contributed by atoms with Crippen molar-refractivity contribution in [3.63, 3.8) is 0 Å². The van der Waals surface area contributed by atoms with Gasteiger partial charge in [0.2, 0.25) is 5.89 Å². The topological polar surface area (TPSA) is 42.4 Å². The highest BCUT2D eigenvalue weighted by Gasteiger charge is 2.35. The molecule has 10 aromatic rings. The summed E-state index contributed by atoms with van der Waals surface area (Å²) in [6.07, 6.45) is 0. The number of hydrogen-bond acceptors (Lipinski definition) is 4. The van der Waals surface area contributed by atoms with Crippen molar-refractivity contribution in [3.05, 3.63) is 169 Å². The van der Waals surface area contributed by atoms with Crippen molar-refractivity contribution >= 4 is 71.6 Å². The molecule has 2 heterocycles. The Bertz CT molecular complexity index is 3060. The maximum Gasteiger partial charge on any atom is 0.227 e. The molecule has 0 N–H and O–H groups in total. The Morgan fingerprint density at radius 2 is 1.15 bits per heavy atom. The van der Waals surface area contributed by atoms with E-state index in [0.717, 1.165) is 77.2 Å². The molecule has 1 aliphatic rings. The largest absolute Gasteiger partial charge is 0.456 e. The van der Waals surface area contributed by atoms with Gasteiger partial charge in [0.1, 0.15) is 16.7 Å². The number of aromatic nitrogens is 1. The van der Waals surface area contributed by atoms with E-state index in [4.69, 9.17) is 13.8 Å². The summed E-state index contributed by atoms with van der Waals surface area (Å²) in [4.78, 5) is 7.30. The summed E-state index contributed by atoms with van der Waals surface area (Å²) >= 11 is 0. The molecule has 0 aliphatic heterocycles. The minimum absolute atomic E-state index is 0.133. The van der Waals surface area contributed by atoms with E-state index in [1.54, 1.807) is 0 Å². The molecule has 1 aliphatic carbocycles. The van der Waals surface area contributed by atoms with E-state index in [9.17, 15) is 0 Å². The molecule has 0 saturated carbocycles. The fraction of sp³-hybridized carbons (Fsp3) is 0.0625. The second kappa shape index (κ2) is 10.7. The monoisotopic (exact) mass is 668 g/mol. The predicted molar refractivity (Wildman–Crippen MR) is 214 cm³/mol. The molecule has 0 radical (unpaired) electrons. The number of anilines is 3. The second-order valence-electron chi connectivity index (χ2n) is 14.4. The molecule has 0 spiro atoms. The molecule has 8 aromatic carbocycles. The van der Waals surface area contributed by atoms with Crippen LogP contribution in [0.2, 0.25) is 0 Å². The number of para-hydroxylation sites is 1. The van der Waals surface area contributed by atoms with Crippen LogP contribution in [0.15, 0.2) is 167 Å². The van der Waals surface area contributed by atoms with Crippen LogP contribution < -0.4 is 4.90 Å². The smallest absolute Gasteiger partial charge is 0.227 e. The number of oxazole rings is 1. The molecule has 0 saturated heterocycles. The molecular formula is C48H32N2O2. The Labute approximate surface area is 300 Å². The third kappa shape index (κ3) is 4.18. The van der Waals surface area contributed by atoms with Crippen molar-refractivity contribution in [2.75, 3.05) is 4.90 Å². The molecule has 2 aromatic heterocycles. The van der Waals surface area contributed by atoms with Gasteiger partial charge >= 0.3 is 0 Å². The number of nitrogens with zero attached hydrogens (tertiary/aromatic N) is 2. The van der Waals surface area contributed by atoms with Gasteiger partial charge in [-0.25, -0.2) is 4.98 Å². The zero-order chi connectivity index (χ0) is 34.6. The highest BCUT2D eigenvalue weighted by Crippen LogP contribution is 2.51. The lowest BCUT2D eigenvalue weighted by molar-refractivity contribution is 0.623. The maximum atomic E-state index is 6.59. The number of furan rings is 1. The maximum absolute atomic E-state index is 6.59. The Morgan fingerprint density at radius 1 is 0.500 bits per heavy atom. The second-order valence-corrected chi connectivity index (χ2v) is 14.4. The highest BCUT2D eigenvalue weighted by atomic mass is 16.3. The summed E-state index contributed by atoms with van der Waals surface area (Å²) in [6.45, 7) is 4.67. The van der Waals surface area contributed by atoms with E-state index in [1.165, 1.54) is 22.3 Å². The lowest BCUT2D eigenvalue weighted by Crippen LogP contribution is -2.16. The van der Waals surface area contributed by atoms with Crippen LogP contribution in [0.4, 0.5) is 17.1 Å². The Morgan fingerprint density at radius 3 is 2.06 bits per heavy atom. The first-order valence-electron chi connectivity index (χ1n) is 17.8. The first-order valence-corrected chi connectivity index (χ1v) is 17.8. The number of rotatable bonds is 4. The van der Waals surface area contributed by atoms with Gasteiger partial charge in [-0.1, -0.05) is 105 Å². The van der Waals surface area contributed by atoms with Crippen molar-refractivity contribution in [3.8, 4) is 22.6 Å². The first-order chi connectivity index (χ1) is 25.5. The summed E-state index contributed by atoms with van der Waals surface area (Å²) < 4.78 is 12.9. The minimum Gasteiger partial charge on any atom is -0.456 e. The molecule has 11 rings (SSSR count). The summed E-state index contributed by atoms with van der Waals surface area (Å²) in [5.41, 5.74) is 12.8. The van der Waals surface area contributed by atoms with Crippen molar-refractivity contribution in [2.45, 2.75) is 19.3 Å². The van der Waals surface area contributed by atoms with Crippen molar-refractivity contribution in [2.24, 2.45) is 0 Å². The molecule has 0 atom stereocenters. The lowest BCUT2D eigenvalue weighted by atomic mass is 9.82. The lowest BCUT2D eigenvalue weighted by Gasteiger charge is -2.28. The first kappa shape index (κ1) is 29.1. The summed E-state index contributed by atoms with van der Waals surface area (Å²) in [5, 5.41) is 6.63. The van der Waals surface area contributed by atoms with E-state index in [-0.39, 0.29) is 5.41 Å². The molecule has 4 nitrogen and oxygen atoms in total. The normalized spacial score (nSPS) is 13.3. The quantitative estimate of drug-likeness (QED) is 0.175. The predicted octanol–water partition coefficient (Wildman–Crippen LogP) is 13.5. The molecule has 0 amide bonds. The zero-order valence-electron chi connectivity index (χ0n) is 28.7. The van der Waals surface area contributed by atoms with Gasteiger partial charge in [0.25, 0.3) is 0 Å². The summed E-state index contributed by atoms with van der Waals surface area (Å²) in [6, 6.07) is 56.1. The van der Waals surface area contributed by atoms with Crippen LogP contribution in [0.1, 0.15) is 25.0 Å².